The summed E-state index contributed by atoms with van der Waals surface area (Å²) in [6, 6.07) is 0. The van der Waals surface area contributed by atoms with Gasteiger partial charge >= 0.3 is 0 Å². The third kappa shape index (κ3) is 1.94. The average Bonchev–Trinajstić information content (AvgIpc) is 2.45. The molecule has 0 fully saturated rings. The van der Waals surface area contributed by atoms with Gasteiger partial charge in [-0.15, -0.1) is 6.58 Å². The predicted molar refractivity (Wildman–Crippen MR) is 53.0 cm³/mol. The molecule has 0 radical (unpaired) electrons. The van der Waals surface area contributed by atoms with E-state index >= 15 is 0 Å². The second-order valence-corrected chi connectivity index (χ2v) is 4.39. The number of rotatable bonds is 4. The van der Waals surface area contributed by atoms with Crippen molar-refractivity contribution in [1.29, 1.82) is 0 Å². The van der Waals surface area contributed by atoms with Gasteiger partial charge in [0.25, 0.3) is 0 Å². The lowest BCUT2D eigenvalue weighted by Gasteiger charge is -2.02. The molecule has 1 aromatic rings. The first-order valence-corrected chi connectivity index (χ1v) is 5.35. The van der Waals surface area contributed by atoms with E-state index in [2.05, 4.69) is 16.4 Å². The van der Waals surface area contributed by atoms with Crippen molar-refractivity contribution < 1.29 is 8.42 Å². The number of nitrogens with two attached hydrogens (primary N) is 1. The fourth-order valence-electron chi connectivity index (χ4n) is 0.880. The van der Waals surface area contributed by atoms with Crippen molar-refractivity contribution in [2.75, 3.05) is 12.3 Å². The van der Waals surface area contributed by atoms with Crippen LogP contribution in [0.25, 0.3) is 0 Å². The average molecular weight is 216 g/mol. The van der Waals surface area contributed by atoms with Gasteiger partial charge in [0.15, 0.2) is 0 Å². The van der Waals surface area contributed by atoms with Crippen molar-refractivity contribution in [3.05, 3.63) is 18.9 Å². The summed E-state index contributed by atoms with van der Waals surface area (Å²) in [6.45, 7) is 3.57. The van der Waals surface area contributed by atoms with Gasteiger partial charge in [-0.25, -0.2) is 13.1 Å². The minimum atomic E-state index is -3.56. The molecule has 0 aliphatic carbocycles. The highest BCUT2D eigenvalue weighted by Gasteiger charge is 2.19. The second-order valence-electron chi connectivity index (χ2n) is 2.66. The fourth-order valence-corrected chi connectivity index (χ4v) is 1.97. The van der Waals surface area contributed by atoms with Gasteiger partial charge in [-0.05, 0) is 0 Å². The Labute approximate surface area is 82.5 Å². The van der Waals surface area contributed by atoms with E-state index in [1.165, 1.54) is 17.0 Å². The first kappa shape index (κ1) is 10.7. The molecular weight excluding hydrogens is 204 g/mol. The van der Waals surface area contributed by atoms with E-state index in [4.69, 9.17) is 5.73 Å². The van der Waals surface area contributed by atoms with Crippen molar-refractivity contribution in [1.82, 2.24) is 14.5 Å². The lowest BCUT2D eigenvalue weighted by Crippen LogP contribution is -2.24. The van der Waals surface area contributed by atoms with E-state index in [9.17, 15) is 8.42 Å². The molecule has 1 heterocycles. The molecule has 1 aromatic heterocycles. The smallest absolute Gasteiger partial charge is 0.246 e. The Balaban J connectivity index is 3.04. The Morgan fingerprint density at radius 2 is 2.43 bits per heavy atom. The maximum absolute atomic E-state index is 11.5. The molecule has 0 saturated heterocycles. The van der Waals surface area contributed by atoms with Gasteiger partial charge in [0.05, 0.1) is 6.20 Å². The summed E-state index contributed by atoms with van der Waals surface area (Å²) in [5.41, 5.74) is 5.52. The van der Waals surface area contributed by atoms with Crippen LogP contribution in [-0.2, 0) is 17.1 Å². The first-order chi connectivity index (χ1) is 6.49. The molecular formula is C7H12N4O2S. The molecule has 78 valence electrons. The Hall–Kier alpha value is -1.34. The number of anilines is 1. The van der Waals surface area contributed by atoms with E-state index in [-0.39, 0.29) is 17.3 Å². The predicted octanol–water partition coefficient (Wildman–Crippen LogP) is -0.533. The third-order valence-corrected chi connectivity index (χ3v) is 3.10. The summed E-state index contributed by atoms with van der Waals surface area (Å²) in [6.07, 6.45) is 2.66. The highest BCUT2D eigenvalue weighted by molar-refractivity contribution is 7.89. The lowest BCUT2D eigenvalue weighted by molar-refractivity contribution is 0.586. The Morgan fingerprint density at radius 1 is 1.79 bits per heavy atom. The zero-order chi connectivity index (χ0) is 10.8. The molecule has 3 N–H and O–H groups in total. The topological polar surface area (TPSA) is 90.0 Å². The first-order valence-electron chi connectivity index (χ1n) is 3.87. The van der Waals surface area contributed by atoms with E-state index < -0.39 is 10.0 Å². The Morgan fingerprint density at radius 3 is 2.86 bits per heavy atom. The van der Waals surface area contributed by atoms with Crippen LogP contribution in [0.2, 0.25) is 0 Å². The summed E-state index contributed by atoms with van der Waals surface area (Å²) in [7, 11) is -1.99. The molecule has 0 unspecified atom stereocenters. The molecule has 0 bridgehead atoms. The molecule has 14 heavy (non-hydrogen) atoms. The molecule has 7 heteroatoms. The second kappa shape index (κ2) is 3.81. The van der Waals surface area contributed by atoms with Crippen molar-refractivity contribution >= 4 is 15.8 Å². The van der Waals surface area contributed by atoms with Gasteiger partial charge in [-0.2, -0.15) is 5.10 Å². The SMILES string of the molecule is C=CCNS(=O)(=O)c1cnn(C)c1N. The van der Waals surface area contributed by atoms with Gasteiger partial charge in [0.1, 0.15) is 10.7 Å². The lowest BCUT2D eigenvalue weighted by atomic mass is 10.6. The highest BCUT2D eigenvalue weighted by Crippen LogP contribution is 2.15. The summed E-state index contributed by atoms with van der Waals surface area (Å²) in [4.78, 5) is -0.0122. The molecule has 0 aromatic carbocycles. The Kier molecular flexibility index (Phi) is 2.92. The van der Waals surface area contributed by atoms with Crippen molar-refractivity contribution in [3.63, 3.8) is 0 Å². The Bertz CT molecular complexity index is 435. The van der Waals surface area contributed by atoms with Crippen molar-refractivity contribution in [3.8, 4) is 0 Å². The third-order valence-electron chi connectivity index (χ3n) is 1.66. The van der Waals surface area contributed by atoms with Crippen LogP contribution in [0.5, 0.6) is 0 Å². The van der Waals surface area contributed by atoms with Crippen LogP contribution in [0.4, 0.5) is 5.82 Å². The van der Waals surface area contributed by atoms with Crippen LogP contribution >= 0.6 is 0 Å². The van der Waals surface area contributed by atoms with E-state index in [1.807, 2.05) is 0 Å². The minimum absolute atomic E-state index is 0.0122. The number of nitrogens with one attached hydrogen (secondary N) is 1. The minimum Gasteiger partial charge on any atom is -0.383 e. The molecule has 0 aliphatic rings. The summed E-state index contributed by atoms with van der Waals surface area (Å²) < 4.78 is 26.7. The number of hydrogen-bond acceptors (Lipinski definition) is 4. The van der Waals surface area contributed by atoms with Crippen LogP contribution in [0.1, 0.15) is 0 Å². The van der Waals surface area contributed by atoms with E-state index in [1.54, 1.807) is 7.05 Å². The number of sulfonamides is 1. The quantitative estimate of drug-likeness (QED) is 0.662. The zero-order valence-electron chi connectivity index (χ0n) is 7.77. The number of aromatic nitrogens is 2. The fraction of sp³-hybridized carbons (Fsp3) is 0.286. The van der Waals surface area contributed by atoms with Crippen LogP contribution in [0, 0.1) is 0 Å². The summed E-state index contributed by atoms with van der Waals surface area (Å²) in [5, 5.41) is 3.74. The van der Waals surface area contributed by atoms with Crippen LogP contribution in [-0.4, -0.2) is 24.7 Å². The largest absolute Gasteiger partial charge is 0.383 e. The zero-order valence-corrected chi connectivity index (χ0v) is 8.58. The number of hydrogen-bond donors (Lipinski definition) is 2. The van der Waals surface area contributed by atoms with Gasteiger partial charge in [0, 0.05) is 13.6 Å². The number of nitrogen functional groups attached to an aromatic ring is 1. The standard InChI is InChI=1S/C7H12N4O2S/c1-3-4-10-14(12,13)6-5-9-11(2)7(6)8/h3,5,10H,1,4,8H2,2H3. The van der Waals surface area contributed by atoms with Gasteiger partial charge in [-0.1, -0.05) is 6.08 Å². The van der Waals surface area contributed by atoms with Crippen molar-refractivity contribution in [2.45, 2.75) is 4.90 Å². The van der Waals surface area contributed by atoms with Gasteiger partial charge < -0.3 is 5.73 Å². The van der Waals surface area contributed by atoms with Gasteiger partial charge in [0.2, 0.25) is 10.0 Å². The normalized spacial score (nSPS) is 11.5. The molecule has 0 saturated carbocycles. The maximum Gasteiger partial charge on any atom is 0.246 e. The van der Waals surface area contributed by atoms with Gasteiger partial charge in [-0.3, -0.25) is 4.68 Å². The summed E-state index contributed by atoms with van der Waals surface area (Å²) >= 11 is 0. The van der Waals surface area contributed by atoms with E-state index in [0.29, 0.717) is 0 Å². The van der Waals surface area contributed by atoms with Crippen molar-refractivity contribution in [2.24, 2.45) is 7.05 Å². The van der Waals surface area contributed by atoms with Crippen LogP contribution in [0.3, 0.4) is 0 Å². The van der Waals surface area contributed by atoms with Crippen LogP contribution < -0.4 is 10.5 Å². The molecule has 0 atom stereocenters. The highest BCUT2D eigenvalue weighted by atomic mass is 32.2. The molecule has 0 spiro atoms. The van der Waals surface area contributed by atoms with Crippen LogP contribution in [0.15, 0.2) is 23.7 Å². The molecule has 1 rings (SSSR count). The number of nitrogens with zero attached hydrogens (tertiary/aromatic N) is 2. The number of aryl methyl sites for hydroxylation is 1. The maximum atomic E-state index is 11.5. The summed E-state index contributed by atoms with van der Waals surface area (Å²) in [5.74, 6) is 0.113. The van der Waals surface area contributed by atoms with E-state index in [0.717, 1.165) is 0 Å². The molecule has 0 aliphatic heterocycles. The molecule has 0 amide bonds. The molecule has 6 nitrogen and oxygen atoms in total. The monoisotopic (exact) mass is 216 g/mol.